The normalized spacial score (nSPS) is 16.8. The zero-order valence-electron chi connectivity index (χ0n) is 24.2. The van der Waals surface area contributed by atoms with E-state index in [0.717, 1.165) is 5.56 Å². The van der Waals surface area contributed by atoms with Gasteiger partial charge in [-0.3, -0.25) is 9.78 Å². The van der Waals surface area contributed by atoms with Crippen LogP contribution in [0.25, 0.3) is 28.0 Å². The van der Waals surface area contributed by atoms with Gasteiger partial charge in [0.2, 0.25) is 5.91 Å². The summed E-state index contributed by atoms with van der Waals surface area (Å²) in [6.45, 7) is 14.2. The number of hydrogen-bond acceptors (Lipinski definition) is 7. The third-order valence-electron chi connectivity index (χ3n) is 7.72. The van der Waals surface area contributed by atoms with Gasteiger partial charge in [0.25, 0.3) is 0 Å². The van der Waals surface area contributed by atoms with Gasteiger partial charge in [-0.1, -0.05) is 45.5 Å². The average Bonchev–Trinajstić information content (AvgIpc) is 2.94. The molecule has 1 amide bonds. The number of hydrogen-bond donors (Lipinski definition) is 1. The minimum Gasteiger partial charge on any atom is -0.398 e. The Kier molecular flexibility index (Phi) is 8.92. The molecule has 1 fully saturated rings. The first kappa shape index (κ1) is 31.6. The Morgan fingerprint density at radius 1 is 1.19 bits per heavy atom. The summed E-state index contributed by atoms with van der Waals surface area (Å²) in [5.74, 6) is -0.386. The SMILES string of the molecule is C.C=CC(=O)N1C[C@H](C)N(c2nc(=O)n(-c3c(C)ccnc3C(C)C)c3nc(-c4c(N)cccc4F)c(Cl)cc23)C[C@H]1C. The molecule has 226 valence electrons. The molecule has 11 heteroatoms. The second-order valence-corrected chi connectivity index (χ2v) is 11.4. The average molecular weight is 606 g/mol. The number of nitrogens with two attached hydrogens (primary N) is 1. The molecular weight excluding hydrogens is 569 g/mol. The molecule has 1 saturated heterocycles. The largest absolute Gasteiger partial charge is 0.398 e. The van der Waals surface area contributed by atoms with E-state index in [1.54, 1.807) is 23.2 Å². The lowest BCUT2D eigenvalue weighted by atomic mass is 10.0. The van der Waals surface area contributed by atoms with Crippen LogP contribution >= 0.6 is 11.6 Å². The van der Waals surface area contributed by atoms with Gasteiger partial charge in [0, 0.05) is 37.1 Å². The number of anilines is 2. The molecule has 0 spiro atoms. The smallest absolute Gasteiger partial charge is 0.355 e. The molecule has 9 nitrogen and oxygen atoms in total. The van der Waals surface area contributed by atoms with Crippen molar-refractivity contribution in [2.45, 2.75) is 60.0 Å². The fraction of sp³-hybridized carbons (Fsp3) is 0.344. The molecule has 3 aromatic heterocycles. The molecule has 1 aromatic carbocycles. The predicted octanol–water partition coefficient (Wildman–Crippen LogP) is 5.90. The Morgan fingerprint density at radius 2 is 1.91 bits per heavy atom. The van der Waals surface area contributed by atoms with Crippen LogP contribution in [0.2, 0.25) is 5.02 Å². The molecule has 43 heavy (non-hydrogen) atoms. The summed E-state index contributed by atoms with van der Waals surface area (Å²) in [4.78, 5) is 44.2. The van der Waals surface area contributed by atoms with Crippen LogP contribution in [-0.2, 0) is 4.79 Å². The fourth-order valence-electron chi connectivity index (χ4n) is 5.62. The lowest BCUT2D eigenvalue weighted by Gasteiger charge is -2.44. The van der Waals surface area contributed by atoms with E-state index in [9.17, 15) is 9.59 Å². The molecule has 2 N–H and O–H groups in total. The molecule has 1 aliphatic heterocycles. The number of piperazine rings is 1. The van der Waals surface area contributed by atoms with Crippen LogP contribution in [-0.4, -0.2) is 55.5 Å². The topological polar surface area (TPSA) is 110 Å². The maximum absolute atomic E-state index is 15.1. The predicted molar refractivity (Wildman–Crippen MR) is 171 cm³/mol. The van der Waals surface area contributed by atoms with Gasteiger partial charge in [-0.15, -0.1) is 0 Å². The van der Waals surface area contributed by atoms with Crippen LogP contribution in [0, 0.1) is 12.7 Å². The van der Waals surface area contributed by atoms with Crippen molar-refractivity contribution in [2.75, 3.05) is 23.7 Å². The Labute approximate surface area is 255 Å². The van der Waals surface area contributed by atoms with E-state index in [-0.39, 0.29) is 58.9 Å². The number of nitrogens with zero attached hydrogens (tertiary/aromatic N) is 6. The highest BCUT2D eigenvalue weighted by atomic mass is 35.5. The molecule has 0 saturated carbocycles. The van der Waals surface area contributed by atoms with Crippen molar-refractivity contribution in [3.8, 4) is 16.9 Å². The summed E-state index contributed by atoms with van der Waals surface area (Å²) in [7, 11) is 0. The first-order valence-corrected chi connectivity index (χ1v) is 14.2. The van der Waals surface area contributed by atoms with Crippen LogP contribution < -0.4 is 16.3 Å². The van der Waals surface area contributed by atoms with Crippen molar-refractivity contribution >= 4 is 40.0 Å². The van der Waals surface area contributed by atoms with Gasteiger partial charge in [-0.05, 0) is 62.6 Å². The Morgan fingerprint density at radius 3 is 2.56 bits per heavy atom. The summed E-state index contributed by atoms with van der Waals surface area (Å²) in [6, 6.07) is 7.47. The summed E-state index contributed by atoms with van der Waals surface area (Å²) in [5.41, 5.74) is 8.24. The first-order valence-electron chi connectivity index (χ1n) is 13.8. The Bertz CT molecular complexity index is 1770. The first-order chi connectivity index (χ1) is 19.9. The molecule has 5 rings (SSSR count). The van der Waals surface area contributed by atoms with Crippen molar-refractivity contribution in [3.63, 3.8) is 0 Å². The fourth-order valence-corrected chi connectivity index (χ4v) is 5.87. The quantitative estimate of drug-likeness (QED) is 0.223. The van der Waals surface area contributed by atoms with E-state index in [1.807, 2.05) is 45.6 Å². The number of carbonyl (C=O) groups is 1. The highest BCUT2D eigenvalue weighted by Crippen LogP contribution is 2.38. The molecule has 0 bridgehead atoms. The molecule has 4 aromatic rings. The van der Waals surface area contributed by atoms with Gasteiger partial charge >= 0.3 is 5.69 Å². The van der Waals surface area contributed by atoms with E-state index in [4.69, 9.17) is 22.3 Å². The third kappa shape index (κ3) is 5.47. The monoisotopic (exact) mass is 605 g/mol. The van der Waals surface area contributed by atoms with Gasteiger partial charge in [-0.2, -0.15) is 4.98 Å². The molecule has 2 atom stereocenters. The number of rotatable bonds is 5. The van der Waals surface area contributed by atoms with Gasteiger partial charge in [0.05, 0.1) is 33.0 Å². The van der Waals surface area contributed by atoms with Gasteiger partial charge < -0.3 is 15.5 Å². The lowest BCUT2D eigenvalue weighted by Crippen LogP contribution is -2.58. The van der Waals surface area contributed by atoms with E-state index in [0.29, 0.717) is 35.7 Å². The highest BCUT2D eigenvalue weighted by Gasteiger charge is 2.34. The Balaban J connectivity index is 0.00000423. The number of carbonyl (C=O) groups excluding carboxylic acids is 1. The second-order valence-electron chi connectivity index (χ2n) is 11.0. The number of pyridine rings is 2. The number of amides is 1. The number of nitrogen functional groups attached to an aromatic ring is 1. The van der Waals surface area contributed by atoms with E-state index < -0.39 is 11.5 Å². The molecule has 4 heterocycles. The van der Waals surface area contributed by atoms with Crippen LogP contribution in [0.15, 0.2) is 54.0 Å². The maximum Gasteiger partial charge on any atom is 0.355 e. The van der Waals surface area contributed by atoms with E-state index in [2.05, 4.69) is 16.5 Å². The van der Waals surface area contributed by atoms with Gasteiger partial charge in [-0.25, -0.2) is 18.7 Å². The molecule has 0 radical (unpaired) electrons. The summed E-state index contributed by atoms with van der Waals surface area (Å²) in [5, 5.41) is 0.652. The van der Waals surface area contributed by atoms with Crippen LogP contribution in [0.1, 0.15) is 52.3 Å². The molecular formula is C32H37ClFN7O2. The third-order valence-corrected chi connectivity index (χ3v) is 8.01. The van der Waals surface area contributed by atoms with Crippen LogP contribution in [0.5, 0.6) is 0 Å². The standard InChI is InChI=1S/C31H33ClFN7O2.CH4/c1-7-24(41)38-14-19(6)39(15-18(38)5)29-20-13-21(32)27(25-22(33)9-8-10-23(25)34)36-30(20)40(31(42)37-29)28-17(4)11-12-35-26(28)16(2)3;/h7-13,16,18-19H,1,14-15,34H2,2-6H3;1H4/t18-,19+;/m1./s1. The molecule has 0 aliphatic carbocycles. The van der Waals surface area contributed by atoms with E-state index in [1.165, 1.54) is 22.8 Å². The van der Waals surface area contributed by atoms with Gasteiger partial charge in [0.15, 0.2) is 5.65 Å². The molecule has 1 aliphatic rings. The maximum atomic E-state index is 15.1. The Hall–Kier alpha value is -4.31. The minimum atomic E-state index is -0.585. The number of benzene rings is 1. The second kappa shape index (κ2) is 12.1. The van der Waals surface area contributed by atoms with Crippen LogP contribution in [0.4, 0.5) is 15.9 Å². The minimum absolute atomic E-state index is 0. The van der Waals surface area contributed by atoms with Crippen molar-refractivity contribution in [1.29, 1.82) is 0 Å². The summed E-state index contributed by atoms with van der Waals surface area (Å²) in [6.07, 6.45) is 3.00. The molecule has 0 unspecified atom stereocenters. The van der Waals surface area contributed by atoms with Crippen molar-refractivity contribution in [1.82, 2.24) is 24.4 Å². The number of aromatic nitrogens is 4. The zero-order chi connectivity index (χ0) is 30.5. The van der Waals surface area contributed by atoms with Gasteiger partial charge in [0.1, 0.15) is 11.6 Å². The van der Waals surface area contributed by atoms with Crippen molar-refractivity contribution in [2.24, 2.45) is 0 Å². The van der Waals surface area contributed by atoms with Crippen molar-refractivity contribution in [3.05, 3.63) is 81.8 Å². The summed E-state index contributed by atoms with van der Waals surface area (Å²) < 4.78 is 16.6. The van der Waals surface area contributed by atoms with E-state index >= 15 is 4.39 Å². The van der Waals surface area contributed by atoms with Crippen molar-refractivity contribution < 1.29 is 9.18 Å². The highest BCUT2D eigenvalue weighted by molar-refractivity contribution is 6.34. The van der Waals surface area contributed by atoms with Crippen LogP contribution in [0.3, 0.4) is 0 Å². The number of aryl methyl sites for hydroxylation is 1. The number of halogens is 2. The zero-order valence-corrected chi connectivity index (χ0v) is 25.0. The summed E-state index contributed by atoms with van der Waals surface area (Å²) >= 11 is 6.80. The lowest BCUT2D eigenvalue weighted by molar-refractivity contribution is -0.128. The number of fused-ring (bicyclic) bond motifs is 1.